The molecule has 0 aromatic heterocycles. The third kappa shape index (κ3) is 5.78. The Balaban J connectivity index is 1.54. The van der Waals surface area contributed by atoms with Gasteiger partial charge in [0.2, 0.25) is 0 Å². The molecule has 0 fully saturated rings. The minimum Gasteiger partial charge on any atom is -0.489 e. The van der Waals surface area contributed by atoms with E-state index in [1.165, 1.54) is 0 Å². The fourth-order valence-electron chi connectivity index (χ4n) is 2.56. The molecule has 0 aliphatic heterocycles. The van der Waals surface area contributed by atoms with Gasteiger partial charge in [-0.2, -0.15) is 0 Å². The summed E-state index contributed by atoms with van der Waals surface area (Å²) in [6.07, 6.45) is 1.24. The Hall–Kier alpha value is -3.47. The van der Waals surface area contributed by atoms with Crippen LogP contribution < -0.4 is 15.2 Å². The van der Waals surface area contributed by atoms with Gasteiger partial charge in [-0.25, -0.2) is 0 Å². The Labute approximate surface area is 158 Å². The van der Waals surface area contributed by atoms with Crippen molar-refractivity contribution >= 4 is 5.84 Å². The summed E-state index contributed by atoms with van der Waals surface area (Å²) in [5.41, 5.74) is 7.62. The smallest absolute Gasteiger partial charge is 0.139 e. The monoisotopic (exact) mass is 362 g/mol. The van der Waals surface area contributed by atoms with E-state index in [-0.39, 0.29) is 5.84 Å². The van der Waals surface area contributed by atoms with Crippen LogP contribution in [0.5, 0.6) is 17.2 Å². The molecule has 0 spiro atoms. The third-order valence-corrected chi connectivity index (χ3v) is 4.00. The molecule has 0 unspecified atom stereocenters. The van der Waals surface area contributed by atoms with Crippen LogP contribution in [0.2, 0.25) is 0 Å². The van der Waals surface area contributed by atoms with Crippen LogP contribution in [-0.2, 0) is 13.0 Å². The number of ether oxygens (including phenoxy) is 2. The molecule has 0 saturated heterocycles. The first-order chi connectivity index (χ1) is 13.2. The van der Waals surface area contributed by atoms with E-state index in [1.54, 1.807) is 0 Å². The lowest BCUT2D eigenvalue weighted by molar-refractivity contribution is 0.305. The highest BCUT2D eigenvalue weighted by molar-refractivity contribution is 5.79. The zero-order chi connectivity index (χ0) is 18.9. The molecule has 0 radical (unpaired) electrons. The highest BCUT2D eigenvalue weighted by atomic mass is 16.5. The summed E-state index contributed by atoms with van der Waals surface area (Å²) in [6, 6.07) is 25.3. The second-order valence-corrected chi connectivity index (χ2v) is 6.09. The summed E-state index contributed by atoms with van der Waals surface area (Å²) >= 11 is 0. The van der Waals surface area contributed by atoms with Crippen molar-refractivity contribution in [1.29, 1.82) is 0 Å². The van der Waals surface area contributed by atoms with Gasteiger partial charge in [0, 0.05) is 6.42 Å². The van der Waals surface area contributed by atoms with Crippen molar-refractivity contribution in [3.8, 4) is 17.2 Å². The average molecular weight is 362 g/mol. The highest BCUT2D eigenvalue weighted by Gasteiger charge is 2.02. The molecular weight excluding hydrogens is 340 g/mol. The van der Waals surface area contributed by atoms with Crippen LogP contribution in [0.3, 0.4) is 0 Å². The van der Waals surface area contributed by atoms with E-state index < -0.39 is 0 Å². The van der Waals surface area contributed by atoms with Gasteiger partial charge in [0.15, 0.2) is 0 Å². The molecule has 3 aromatic carbocycles. The lowest BCUT2D eigenvalue weighted by atomic mass is 10.1. The molecule has 3 rings (SSSR count). The Kier molecular flexibility index (Phi) is 6.30. The Morgan fingerprint density at radius 3 is 2.30 bits per heavy atom. The van der Waals surface area contributed by atoms with Crippen molar-refractivity contribution in [2.24, 2.45) is 10.9 Å². The largest absolute Gasteiger partial charge is 0.489 e. The number of amidine groups is 1. The topological polar surface area (TPSA) is 77.1 Å². The quantitative estimate of drug-likeness (QED) is 0.263. The molecule has 3 aromatic rings. The summed E-state index contributed by atoms with van der Waals surface area (Å²) in [4.78, 5) is 0. The molecular formula is C22H22N2O3. The molecule has 0 bridgehead atoms. The van der Waals surface area contributed by atoms with Gasteiger partial charge < -0.3 is 20.4 Å². The first-order valence-corrected chi connectivity index (χ1v) is 8.73. The summed E-state index contributed by atoms with van der Waals surface area (Å²) < 4.78 is 11.7. The van der Waals surface area contributed by atoms with Gasteiger partial charge in [-0.1, -0.05) is 47.6 Å². The number of aryl methyl sites for hydroxylation is 1. The SMILES string of the molecule is N/C(CCc1ccc(OCc2cccc(Oc3ccccc3)c2)cc1)=N\O. The summed E-state index contributed by atoms with van der Waals surface area (Å²) in [5, 5.41) is 11.5. The second-order valence-electron chi connectivity index (χ2n) is 6.09. The van der Waals surface area contributed by atoms with Gasteiger partial charge in [-0.3, -0.25) is 0 Å². The molecule has 5 nitrogen and oxygen atoms in total. The zero-order valence-electron chi connectivity index (χ0n) is 14.9. The van der Waals surface area contributed by atoms with Gasteiger partial charge in [0.05, 0.1) is 0 Å². The van der Waals surface area contributed by atoms with Crippen LogP contribution in [0, 0.1) is 0 Å². The number of benzene rings is 3. The number of nitrogens with zero attached hydrogens (tertiary/aromatic N) is 1. The van der Waals surface area contributed by atoms with Crippen molar-refractivity contribution in [2.45, 2.75) is 19.4 Å². The number of nitrogens with two attached hydrogens (primary N) is 1. The molecule has 5 heteroatoms. The van der Waals surface area contributed by atoms with E-state index in [0.29, 0.717) is 13.0 Å². The van der Waals surface area contributed by atoms with E-state index in [0.717, 1.165) is 34.8 Å². The Morgan fingerprint density at radius 2 is 1.56 bits per heavy atom. The van der Waals surface area contributed by atoms with Crippen molar-refractivity contribution in [3.63, 3.8) is 0 Å². The minimum absolute atomic E-state index is 0.230. The van der Waals surface area contributed by atoms with E-state index in [2.05, 4.69) is 5.16 Å². The molecule has 3 N–H and O–H groups in total. The van der Waals surface area contributed by atoms with Gasteiger partial charge >= 0.3 is 0 Å². The highest BCUT2D eigenvalue weighted by Crippen LogP contribution is 2.23. The number of para-hydroxylation sites is 1. The number of hydrogen-bond donors (Lipinski definition) is 2. The first kappa shape index (κ1) is 18.3. The van der Waals surface area contributed by atoms with Gasteiger partial charge in [0.1, 0.15) is 29.7 Å². The molecule has 0 amide bonds. The molecule has 0 aliphatic rings. The summed E-state index contributed by atoms with van der Waals surface area (Å²) in [7, 11) is 0. The summed E-state index contributed by atoms with van der Waals surface area (Å²) in [5.74, 6) is 2.60. The third-order valence-electron chi connectivity index (χ3n) is 4.00. The predicted molar refractivity (Wildman–Crippen MR) is 105 cm³/mol. The number of hydrogen-bond acceptors (Lipinski definition) is 4. The molecule has 0 saturated carbocycles. The van der Waals surface area contributed by atoms with E-state index >= 15 is 0 Å². The minimum atomic E-state index is 0.230. The van der Waals surface area contributed by atoms with Gasteiger partial charge in [-0.15, -0.1) is 0 Å². The lowest BCUT2D eigenvalue weighted by Gasteiger charge is -2.10. The number of oxime groups is 1. The maximum atomic E-state index is 8.57. The second kappa shape index (κ2) is 9.29. The van der Waals surface area contributed by atoms with Crippen LogP contribution >= 0.6 is 0 Å². The van der Waals surface area contributed by atoms with E-state index in [1.807, 2.05) is 78.9 Å². The average Bonchev–Trinajstić information content (AvgIpc) is 2.72. The fourth-order valence-corrected chi connectivity index (χ4v) is 2.56. The van der Waals surface area contributed by atoms with E-state index in [9.17, 15) is 0 Å². The summed E-state index contributed by atoms with van der Waals surface area (Å²) in [6.45, 7) is 0.454. The van der Waals surface area contributed by atoms with Crippen molar-refractivity contribution in [3.05, 3.63) is 90.0 Å². The van der Waals surface area contributed by atoms with Gasteiger partial charge in [-0.05, 0) is 53.9 Å². The lowest BCUT2D eigenvalue weighted by Crippen LogP contribution is -2.12. The molecule has 0 heterocycles. The van der Waals surface area contributed by atoms with E-state index in [4.69, 9.17) is 20.4 Å². The predicted octanol–water partition coefficient (Wildman–Crippen LogP) is 4.74. The van der Waals surface area contributed by atoms with Crippen molar-refractivity contribution in [1.82, 2.24) is 0 Å². The van der Waals surface area contributed by atoms with Crippen molar-refractivity contribution < 1.29 is 14.7 Å². The molecule has 0 atom stereocenters. The first-order valence-electron chi connectivity index (χ1n) is 8.73. The molecule has 27 heavy (non-hydrogen) atoms. The van der Waals surface area contributed by atoms with Crippen LogP contribution in [0.25, 0.3) is 0 Å². The zero-order valence-corrected chi connectivity index (χ0v) is 14.9. The van der Waals surface area contributed by atoms with Crippen LogP contribution in [0.4, 0.5) is 0 Å². The molecule has 0 aliphatic carbocycles. The molecule has 138 valence electrons. The Morgan fingerprint density at radius 1 is 0.815 bits per heavy atom. The van der Waals surface area contributed by atoms with Gasteiger partial charge in [0.25, 0.3) is 0 Å². The number of rotatable bonds is 8. The Bertz CT molecular complexity index is 878. The maximum absolute atomic E-state index is 8.57. The van der Waals surface area contributed by atoms with Crippen LogP contribution in [-0.4, -0.2) is 11.0 Å². The standard InChI is InChI=1S/C22H22N2O3/c23-22(24-25)14-11-17-9-12-19(13-10-17)26-16-18-5-4-8-21(15-18)27-20-6-2-1-3-7-20/h1-10,12-13,15,25H,11,14,16H2,(H2,23,24). The maximum Gasteiger partial charge on any atom is 0.139 e. The van der Waals surface area contributed by atoms with Crippen LogP contribution in [0.1, 0.15) is 17.5 Å². The fraction of sp³-hybridized carbons (Fsp3) is 0.136. The normalized spacial score (nSPS) is 11.2. The van der Waals surface area contributed by atoms with Crippen LogP contribution in [0.15, 0.2) is 84.0 Å². The van der Waals surface area contributed by atoms with Crippen molar-refractivity contribution in [2.75, 3.05) is 0 Å².